The molecule has 0 aliphatic rings. The maximum Gasteiger partial charge on any atom is 0.0645 e. The van der Waals surface area contributed by atoms with Crippen molar-refractivity contribution in [1.82, 2.24) is 0 Å². The van der Waals surface area contributed by atoms with Gasteiger partial charge in [-0.2, -0.15) is 0 Å². The van der Waals surface area contributed by atoms with Gasteiger partial charge in [0, 0.05) is 16.9 Å². The average molecular weight is 730 g/mol. The molecule has 268 valence electrons. The van der Waals surface area contributed by atoms with E-state index in [1.165, 1.54) is 0 Å². The number of hydrogen-bond acceptors (Lipinski definition) is 1. The summed E-state index contributed by atoms with van der Waals surface area (Å²) in [6, 6.07) is 71.4. The Hall–Kier alpha value is -7.48. The molecule has 0 amide bonds. The lowest BCUT2D eigenvalue weighted by molar-refractivity contribution is 1.28. The molecule has 1 nitrogen and oxygen atoms in total. The van der Waals surface area contributed by atoms with E-state index in [1.54, 1.807) is 0 Å². The van der Waals surface area contributed by atoms with Gasteiger partial charge < -0.3 is 4.90 Å². The van der Waals surface area contributed by atoms with Crippen molar-refractivity contribution >= 4 is 38.6 Å². The van der Waals surface area contributed by atoms with Crippen LogP contribution in [0.2, 0.25) is 0 Å². The van der Waals surface area contributed by atoms with Crippen LogP contribution in [0.25, 0.3) is 77.2 Å². The molecule has 0 atom stereocenters. The largest absolute Gasteiger partial charge is 0.310 e. The van der Waals surface area contributed by atoms with E-state index < -0.39 is 0 Å². The Morgan fingerprint density at radius 1 is 0.281 bits per heavy atom. The SMILES string of the molecule is [2H]c1c([2H])c(N(c2cccc(-c3ccc4ccccc4c3)c2)c2ccccc2-c2ccccc2-c2ccccc2-c2ccccc2)c([2H])c([2H])c1-c1cccc2ccccc12. The second-order valence-corrected chi connectivity index (χ2v) is 14.2. The summed E-state index contributed by atoms with van der Waals surface area (Å²) in [4.78, 5) is 1.92. The van der Waals surface area contributed by atoms with Crippen molar-refractivity contribution in [2.24, 2.45) is 0 Å². The summed E-state index contributed by atoms with van der Waals surface area (Å²) >= 11 is 0. The van der Waals surface area contributed by atoms with Crippen LogP contribution in [-0.2, 0) is 0 Å². The number of para-hydroxylation sites is 1. The van der Waals surface area contributed by atoms with Crippen LogP contribution < -0.4 is 4.90 Å². The van der Waals surface area contributed by atoms with Gasteiger partial charge in [-0.05, 0) is 108 Å². The van der Waals surface area contributed by atoms with Crippen molar-refractivity contribution in [2.45, 2.75) is 0 Å². The quantitative estimate of drug-likeness (QED) is 0.151. The predicted octanol–water partition coefficient (Wildman–Crippen LogP) is 15.8. The third-order valence-corrected chi connectivity index (χ3v) is 10.7. The number of benzene rings is 10. The Morgan fingerprint density at radius 2 is 0.807 bits per heavy atom. The third-order valence-electron chi connectivity index (χ3n) is 10.7. The van der Waals surface area contributed by atoms with Gasteiger partial charge in [0.05, 0.1) is 11.2 Å². The zero-order valence-corrected chi connectivity index (χ0v) is 31.2. The molecule has 0 heterocycles. The van der Waals surface area contributed by atoms with Crippen molar-refractivity contribution in [3.05, 3.63) is 236 Å². The van der Waals surface area contributed by atoms with Crippen molar-refractivity contribution < 1.29 is 5.48 Å². The molecule has 0 spiro atoms. The van der Waals surface area contributed by atoms with Crippen LogP contribution >= 0.6 is 0 Å². The average Bonchev–Trinajstić information content (AvgIpc) is 3.32. The molecule has 0 aliphatic heterocycles. The van der Waals surface area contributed by atoms with E-state index in [1.807, 2.05) is 102 Å². The normalized spacial score (nSPS) is 12.1. The lowest BCUT2D eigenvalue weighted by Gasteiger charge is -2.29. The molecule has 0 aliphatic carbocycles. The summed E-state index contributed by atoms with van der Waals surface area (Å²) in [5.74, 6) is 0. The molecule has 0 fully saturated rings. The van der Waals surface area contributed by atoms with Gasteiger partial charge in [0.15, 0.2) is 0 Å². The first-order chi connectivity index (χ1) is 30.0. The van der Waals surface area contributed by atoms with E-state index in [0.717, 1.165) is 71.7 Å². The molecule has 57 heavy (non-hydrogen) atoms. The van der Waals surface area contributed by atoms with Crippen LogP contribution in [0, 0.1) is 0 Å². The molecule has 0 saturated carbocycles. The number of fused-ring (bicyclic) bond motifs is 2. The molecule has 10 aromatic carbocycles. The van der Waals surface area contributed by atoms with Gasteiger partial charge in [-0.15, -0.1) is 0 Å². The summed E-state index contributed by atoms with van der Waals surface area (Å²) in [5, 5.41) is 4.12. The van der Waals surface area contributed by atoms with E-state index in [4.69, 9.17) is 0 Å². The second kappa shape index (κ2) is 15.0. The van der Waals surface area contributed by atoms with Crippen LogP contribution in [0.5, 0.6) is 0 Å². The summed E-state index contributed by atoms with van der Waals surface area (Å²) in [6.45, 7) is 0. The maximum atomic E-state index is 9.81. The zero-order valence-electron chi connectivity index (χ0n) is 35.2. The molecule has 0 N–H and O–H groups in total. The Bertz CT molecular complexity index is 3230. The standard InChI is InChI=1S/C56H39N/c1-2-17-41(18-3-1)51-25-8-9-26-52(51)53-27-10-11-28-54(53)55-29-12-13-31-56(55)57(47-36-34-43(35-37-47)50-30-15-21-42-19-6-7-24-49(42)50)48-23-14-22-45(39-48)46-33-32-40-16-4-5-20-44(40)38-46/h1-39H/i34D,35D,36D,37D. The smallest absolute Gasteiger partial charge is 0.0645 e. The monoisotopic (exact) mass is 729 g/mol. The predicted molar refractivity (Wildman–Crippen MR) is 243 cm³/mol. The molecule has 0 radical (unpaired) electrons. The van der Waals surface area contributed by atoms with Gasteiger partial charge >= 0.3 is 0 Å². The Morgan fingerprint density at radius 3 is 1.60 bits per heavy atom. The Balaban J connectivity index is 1.22. The molecular weight excluding hydrogens is 687 g/mol. The molecule has 0 saturated heterocycles. The lowest BCUT2D eigenvalue weighted by atomic mass is 9.88. The van der Waals surface area contributed by atoms with E-state index >= 15 is 0 Å². The van der Waals surface area contributed by atoms with Crippen LogP contribution in [-0.4, -0.2) is 0 Å². The fourth-order valence-corrected chi connectivity index (χ4v) is 8.01. The minimum Gasteiger partial charge on any atom is -0.310 e. The molecular formula is C56H39N. The Kier molecular flexibility index (Phi) is 7.84. The van der Waals surface area contributed by atoms with Crippen LogP contribution in [0.4, 0.5) is 17.1 Å². The van der Waals surface area contributed by atoms with Crippen molar-refractivity contribution in [3.8, 4) is 55.6 Å². The fourth-order valence-electron chi connectivity index (χ4n) is 8.01. The summed E-state index contributed by atoms with van der Waals surface area (Å²) < 4.78 is 38.8. The van der Waals surface area contributed by atoms with Gasteiger partial charge in [0.1, 0.15) is 0 Å². The minimum atomic E-state index is -0.127. The van der Waals surface area contributed by atoms with Crippen LogP contribution in [0.3, 0.4) is 0 Å². The van der Waals surface area contributed by atoms with E-state index in [0.29, 0.717) is 11.3 Å². The van der Waals surface area contributed by atoms with E-state index in [9.17, 15) is 5.48 Å². The fraction of sp³-hybridized carbons (Fsp3) is 0. The highest BCUT2D eigenvalue weighted by Gasteiger charge is 2.21. The minimum absolute atomic E-state index is 0.0993. The highest BCUT2D eigenvalue weighted by Crippen LogP contribution is 2.46. The first kappa shape index (κ1) is 29.8. The van der Waals surface area contributed by atoms with E-state index in [2.05, 4.69) is 115 Å². The van der Waals surface area contributed by atoms with Crippen molar-refractivity contribution in [2.75, 3.05) is 4.90 Å². The van der Waals surface area contributed by atoms with Gasteiger partial charge in [-0.25, -0.2) is 0 Å². The highest BCUT2D eigenvalue weighted by atomic mass is 15.1. The first-order valence-electron chi connectivity index (χ1n) is 21.3. The first-order valence-corrected chi connectivity index (χ1v) is 19.3. The molecule has 1 heteroatoms. The molecule has 0 aromatic heterocycles. The molecule has 0 unspecified atom stereocenters. The highest BCUT2D eigenvalue weighted by molar-refractivity contribution is 5.99. The molecule has 0 bridgehead atoms. The summed E-state index contributed by atoms with van der Waals surface area (Å²) in [7, 11) is 0. The van der Waals surface area contributed by atoms with Crippen molar-refractivity contribution in [1.29, 1.82) is 0 Å². The number of hydrogen-bond donors (Lipinski definition) is 0. The number of anilines is 3. The number of nitrogens with zero attached hydrogens (tertiary/aromatic N) is 1. The van der Waals surface area contributed by atoms with Gasteiger partial charge in [-0.3, -0.25) is 0 Å². The van der Waals surface area contributed by atoms with Crippen molar-refractivity contribution in [3.63, 3.8) is 0 Å². The summed E-state index contributed by atoms with van der Waals surface area (Å²) in [6.07, 6.45) is 0. The summed E-state index contributed by atoms with van der Waals surface area (Å²) in [5.41, 5.74) is 10.7. The van der Waals surface area contributed by atoms with Crippen LogP contribution in [0.1, 0.15) is 5.48 Å². The maximum absolute atomic E-state index is 9.81. The zero-order chi connectivity index (χ0) is 41.5. The van der Waals surface area contributed by atoms with Gasteiger partial charge in [0.2, 0.25) is 0 Å². The molecule has 10 rings (SSSR count). The third kappa shape index (κ3) is 6.56. The second-order valence-electron chi connectivity index (χ2n) is 14.2. The number of rotatable bonds is 8. The Labute approximate surface area is 340 Å². The van der Waals surface area contributed by atoms with E-state index in [-0.39, 0.29) is 35.4 Å². The lowest BCUT2D eigenvalue weighted by Crippen LogP contribution is -2.11. The molecule has 10 aromatic rings. The van der Waals surface area contributed by atoms with Crippen LogP contribution in [0.15, 0.2) is 236 Å². The topological polar surface area (TPSA) is 3.24 Å². The van der Waals surface area contributed by atoms with Gasteiger partial charge in [-0.1, -0.05) is 200 Å². The van der Waals surface area contributed by atoms with Gasteiger partial charge in [0.25, 0.3) is 0 Å².